The third-order valence-electron chi connectivity index (χ3n) is 3.08. The first-order valence-corrected chi connectivity index (χ1v) is 9.13. The third-order valence-corrected chi connectivity index (χ3v) is 5.09. The van der Waals surface area contributed by atoms with Crippen LogP contribution in [0.25, 0.3) is 11.5 Å². The Kier molecular flexibility index (Phi) is 4.81. The maximum atomic E-state index is 5.92. The predicted molar refractivity (Wildman–Crippen MR) is 94.0 cm³/mol. The van der Waals surface area contributed by atoms with E-state index in [1.165, 1.54) is 5.56 Å². The largest absolute Gasteiger partial charge is 0.429 e. The SMILES string of the molecule is CSc1oc(-c2ccc(C)cc2)nc1Sc1ccc(Cl)cc1. The molecular weight excluding hydrogens is 334 g/mol. The number of oxazole rings is 1. The first kappa shape index (κ1) is 15.5. The van der Waals surface area contributed by atoms with Crippen molar-refractivity contribution in [3.63, 3.8) is 0 Å². The van der Waals surface area contributed by atoms with Crippen LogP contribution >= 0.6 is 35.1 Å². The van der Waals surface area contributed by atoms with Crippen LogP contribution in [0, 0.1) is 6.92 Å². The average molecular weight is 348 g/mol. The lowest BCUT2D eigenvalue weighted by atomic mass is 10.1. The van der Waals surface area contributed by atoms with E-state index in [2.05, 4.69) is 24.0 Å². The summed E-state index contributed by atoms with van der Waals surface area (Å²) in [6.45, 7) is 2.06. The van der Waals surface area contributed by atoms with Crippen LogP contribution in [0.4, 0.5) is 0 Å². The minimum Gasteiger partial charge on any atom is -0.429 e. The molecule has 0 aliphatic rings. The highest BCUT2D eigenvalue weighted by atomic mass is 35.5. The normalized spacial score (nSPS) is 10.9. The van der Waals surface area contributed by atoms with Gasteiger partial charge in [0.25, 0.3) is 0 Å². The highest BCUT2D eigenvalue weighted by molar-refractivity contribution is 8.01. The molecule has 0 aliphatic heterocycles. The summed E-state index contributed by atoms with van der Waals surface area (Å²) in [7, 11) is 0. The highest BCUT2D eigenvalue weighted by Crippen LogP contribution is 2.37. The Morgan fingerprint density at radius 1 is 1.00 bits per heavy atom. The molecule has 0 amide bonds. The summed E-state index contributed by atoms with van der Waals surface area (Å²) in [5, 5.41) is 2.44. The maximum Gasteiger partial charge on any atom is 0.228 e. The van der Waals surface area contributed by atoms with Crippen LogP contribution < -0.4 is 0 Å². The molecule has 0 N–H and O–H groups in total. The van der Waals surface area contributed by atoms with Crippen LogP contribution in [0.3, 0.4) is 0 Å². The first-order chi connectivity index (χ1) is 10.7. The van der Waals surface area contributed by atoms with E-state index >= 15 is 0 Å². The van der Waals surface area contributed by atoms with Crippen molar-refractivity contribution >= 4 is 35.1 Å². The summed E-state index contributed by atoms with van der Waals surface area (Å²) in [5.74, 6) is 0.654. The van der Waals surface area contributed by atoms with Gasteiger partial charge in [-0.1, -0.05) is 52.8 Å². The number of hydrogen-bond donors (Lipinski definition) is 0. The number of rotatable bonds is 4. The van der Waals surface area contributed by atoms with E-state index < -0.39 is 0 Å². The fraction of sp³-hybridized carbons (Fsp3) is 0.118. The van der Waals surface area contributed by atoms with Gasteiger partial charge in [-0.25, -0.2) is 4.98 Å². The van der Waals surface area contributed by atoms with Gasteiger partial charge in [0.2, 0.25) is 5.89 Å². The molecule has 1 heterocycles. The molecular formula is C17H14ClNOS2. The zero-order valence-corrected chi connectivity index (χ0v) is 14.6. The van der Waals surface area contributed by atoms with Gasteiger partial charge in [0, 0.05) is 15.5 Å². The number of halogens is 1. The minimum atomic E-state index is 0.654. The number of benzene rings is 2. The summed E-state index contributed by atoms with van der Waals surface area (Å²) >= 11 is 9.06. The molecule has 112 valence electrons. The number of hydrogen-bond acceptors (Lipinski definition) is 4. The summed E-state index contributed by atoms with van der Waals surface area (Å²) in [4.78, 5) is 5.73. The van der Waals surface area contributed by atoms with Crippen molar-refractivity contribution in [1.29, 1.82) is 0 Å². The van der Waals surface area contributed by atoms with E-state index in [-0.39, 0.29) is 0 Å². The topological polar surface area (TPSA) is 26.0 Å². The molecule has 0 fully saturated rings. The van der Waals surface area contributed by atoms with Crippen molar-refractivity contribution in [2.45, 2.75) is 21.9 Å². The van der Waals surface area contributed by atoms with Crippen LogP contribution in [-0.4, -0.2) is 11.2 Å². The minimum absolute atomic E-state index is 0.654. The summed E-state index contributed by atoms with van der Waals surface area (Å²) in [6, 6.07) is 15.9. The van der Waals surface area contributed by atoms with Gasteiger partial charge in [0.15, 0.2) is 10.1 Å². The lowest BCUT2D eigenvalue weighted by Gasteiger charge is -1.98. The highest BCUT2D eigenvalue weighted by Gasteiger charge is 2.15. The van der Waals surface area contributed by atoms with Crippen molar-refractivity contribution in [3.05, 3.63) is 59.1 Å². The molecule has 2 aromatic carbocycles. The Bertz CT molecular complexity index is 766. The molecule has 0 bridgehead atoms. The second-order valence-electron chi connectivity index (χ2n) is 4.74. The molecule has 0 saturated carbocycles. The van der Waals surface area contributed by atoms with Gasteiger partial charge in [-0.3, -0.25) is 0 Å². The second-order valence-corrected chi connectivity index (χ2v) is 7.02. The smallest absolute Gasteiger partial charge is 0.228 e. The van der Waals surface area contributed by atoms with Crippen molar-refractivity contribution in [2.24, 2.45) is 0 Å². The molecule has 0 radical (unpaired) electrons. The van der Waals surface area contributed by atoms with Crippen LogP contribution in [0.1, 0.15) is 5.56 Å². The molecule has 0 saturated heterocycles. The summed E-state index contributed by atoms with van der Waals surface area (Å²) in [5.41, 5.74) is 2.21. The number of aryl methyl sites for hydroxylation is 1. The molecule has 1 aromatic heterocycles. The molecule has 0 atom stereocenters. The predicted octanol–water partition coefficient (Wildman–Crippen LogP) is 6.18. The summed E-state index contributed by atoms with van der Waals surface area (Å²) < 4.78 is 5.89. The number of aromatic nitrogens is 1. The van der Waals surface area contributed by atoms with Gasteiger partial charge >= 0.3 is 0 Å². The Labute approximate surface area is 143 Å². The van der Waals surface area contributed by atoms with Crippen LogP contribution in [0.15, 0.2) is 68.0 Å². The van der Waals surface area contributed by atoms with Gasteiger partial charge < -0.3 is 4.42 Å². The number of nitrogens with zero attached hydrogens (tertiary/aromatic N) is 1. The van der Waals surface area contributed by atoms with E-state index in [1.807, 2.05) is 42.7 Å². The second kappa shape index (κ2) is 6.82. The lowest BCUT2D eigenvalue weighted by molar-refractivity contribution is 0.474. The molecule has 0 unspecified atom stereocenters. The van der Waals surface area contributed by atoms with E-state index in [1.54, 1.807) is 23.5 Å². The van der Waals surface area contributed by atoms with Crippen molar-refractivity contribution in [3.8, 4) is 11.5 Å². The van der Waals surface area contributed by atoms with Crippen LogP contribution in [0.2, 0.25) is 5.02 Å². The van der Waals surface area contributed by atoms with Crippen molar-refractivity contribution < 1.29 is 4.42 Å². The van der Waals surface area contributed by atoms with E-state index in [0.29, 0.717) is 5.89 Å². The van der Waals surface area contributed by atoms with Gasteiger partial charge in [-0.15, -0.1) is 0 Å². The molecule has 3 aromatic rings. The summed E-state index contributed by atoms with van der Waals surface area (Å²) in [6.07, 6.45) is 1.99. The van der Waals surface area contributed by atoms with Gasteiger partial charge in [-0.05, 0) is 49.6 Å². The Hall–Kier alpha value is -1.36. The van der Waals surface area contributed by atoms with E-state index in [0.717, 1.165) is 25.6 Å². The van der Waals surface area contributed by atoms with Crippen molar-refractivity contribution in [1.82, 2.24) is 4.98 Å². The zero-order chi connectivity index (χ0) is 15.5. The fourth-order valence-electron chi connectivity index (χ4n) is 1.92. The maximum absolute atomic E-state index is 5.92. The first-order valence-electron chi connectivity index (χ1n) is 6.71. The quantitative estimate of drug-likeness (QED) is 0.526. The van der Waals surface area contributed by atoms with Crippen LogP contribution in [0.5, 0.6) is 0 Å². The molecule has 5 heteroatoms. The Morgan fingerprint density at radius 2 is 1.68 bits per heavy atom. The van der Waals surface area contributed by atoms with E-state index in [9.17, 15) is 0 Å². The molecule has 3 rings (SSSR count). The van der Waals surface area contributed by atoms with Gasteiger partial charge in [0.1, 0.15) is 0 Å². The molecule has 0 aliphatic carbocycles. The monoisotopic (exact) mass is 347 g/mol. The average Bonchev–Trinajstić information content (AvgIpc) is 2.93. The van der Waals surface area contributed by atoms with Crippen LogP contribution in [-0.2, 0) is 0 Å². The molecule has 2 nitrogen and oxygen atoms in total. The fourth-order valence-corrected chi connectivity index (χ4v) is 3.55. The Balaban J connectivity index is 1.91. The molecule has 22 heavy (non-hydrogen) atoms. The standard InChI is InChI=1S/C17H14ClNOS2/c1-11-3-5-12(6-4-11)15-19-16(17(20-15)21-2)22-14-9-7-13(18)8-10-14/h3-10H,1-2H3. The third kappa shape index (κ3) is 3.51. The van der Waals surface area contributed by atoms with Gasteiger partial charge in [0.05, 0.1) is 0 Å². The zero-order valence-electron chi connectivity index (χ0n) is 12.2. The molecule has 0 spiro atoms. The van der Waals surface area contributed by atoms with E-state index in [4.69, 9.17) is 16.0 Å². The van der Waals surface area contributed by atoms with Gasteiger partial charge in [-0.2, -0.15) is 0 Å². The lowest BCUT2D eigenvalue weighted by Crippen LogP contribution is -1.79. The Morgan fingerprint density at radius 3 is 2.32 bits per heavy atom. The number of thioether (sulfide) groups is 1. The van der Waals surface area contributed by atoms with Crippen molar-refractivity contribution in [2.75, 3.05) is 6.26 Å².